The van der Waals surface area contributed by atoms with Crippen LogP contribution in [0.4, 0.5) is 0 Å². The molecule has 1 atom stereocenters. The van der Waals surface area contributed by atoms with Crippen molar-refractivity contribution in [3.8, 4) is 0 Å². The Morgan fingerprint density at radius 1 is 1.56 bits per heavy atom. The molecule has 0 radical (unpaired) electrons. The molecule has 0 spiro atoms. The van der Waals surface area contributed by atoms with E-state index < -0.39 is 0 Å². The average molecular weight is 265 g/mol. The minimum Gasteiger partial charge on any atom is -0.354 e. The SMILES string of the molecule is O=C(CSc1ccccn1)N[C@@H]1CCCNC1=O. The van der Waals surface area contributed by atoms with Gasteiger partial charge >= 0.3 is 0 Å². The van der Waals surface area contributed by atoms with E-state index in [4.69, 9.17) is 0 Å². The maximum absolute atomic E-state index is 11.7. The Hall–Kier alpha value is -1.56. The molecule has 0 aromatic carbocycles. The Balaban J connectivity index is 1.76. The highest BCUT2D eigenvalue weighted by Crippen LogP contribution is 2.13. The summed E-state index contributed by atoms with van der Waals surface area (Å²) in [5.41, 5.74) is 0. The van der Waals surface area contributed by atoms with Gasteiger partial charge in [-0.1, -0.05) is 17.8 Å². The molecule has 1 aliphatic rings. The number of piperidine rings is 1. The van der Waals surface area contributed by atoms with Crippen molar-refractivity contribution in [1.82, 2.24) is 15.6 Å². The van der Waals surface area contributed by atoms with Gasteiger partial charge in [0.25, 0.3) is 0 Å². The van der Waals surface area contributed by atoms with Gasteiger partial charge in [-0.05, 0) is 25.0 Å². The molecular weight excluding hydrogens is 250 g/mol. The first-order valence-electron chi connectivity index (χ1n) is 5.86. The summed E-state index contributed by atoms with van der Waals surface area (Å²) in [6.45, 7) is 0.702. The second kappa shape index (κ2) is 6.39. The molecule has 0 saturated carbocycles. The first kappa shape index (κ1) is 12.9. The zero-order valence-electron chi connectivity index (χ0n) is 9.89. The van der Waals surface area contributed by atoms with Gasteiger partial charge in [0.15, 0.2) is 0 Å². The lowest BCUT2D eigenvalue weighted by Crippen LogP contribution is -2.50. The zero-order valence-corrected chi connectivity index (χ0v) is 10.7. The Morgan fingerprint density at radius 2 is 2.44 bits per heavy atom. The minimum absolute atomic E-state index is 0.0857. The van der Waals surface area contributed by atoms with Crippen molar-refractivity contribution in [2.45, 2.75) is 23.9 Å². The number of carbonyl (C=O) groups excluding carboxylic acids is 2. The lowest BCUT2D eigenvalue weighted by atomic mass is 10.1. The molecule has 5 nitrogen and oxygen atoms in total. The second-order valence-electron chi connectivity index (χ2n) is 4.01. The van der Waals surface area contributed by atoms with E-state index in [1.807, 2.05) is 18.2 Å². The van der Waals surface area contributed by atoms with Crippen molar-refractivity contribution in [1.29, 1.82) is 0 Å². The summed E-state index contributed by atoms with van der Waals surface area (Å²) in [6.07, 6.45) is 3.31. The number of amides is 2. The number of nitrogens with zero attached hydrogens (tertiary/aromatic N) is 1. The molecule has 0 unspecified atom stereocenters. The molecule has 6 heteroatoms. The number of nitrogens with one attached hydrogen (secondary N) is 2. The van der Waals surface area contributed by atoms with Crippen LogP contribution in [0.15, 0.2) is 29.4 Å². The van der Waals surface area contributed by atoms with Crippen LogP contribution in [-0.4, -0.2) is 35.1 Å². The zero-order chi connectivity index (χ0) is 12.8. The summed E-state index contributed by atoms with van der Waals surface area (Å²) in [5, 5.41) is 6.28. The van der Waals surface area contributed by atoms with Crippen molar-refractivity contribution >= 4 is 23.6 Å². The number of aromatic nitrogens is 1. The van der Waals surface area contributed by atoms with E-state index in [1.54, 1.807) is 6.20 Å². The number of thioether (sulfide) groups is 1. The molecule has 18 heavy (non-hydrogen) atoms. The van der Waals surface area contributed by atoms with Crippen LogP contribution in [0.1, 0.15) is 12.8 Å². The summed E-state index contributed by atoms with van der Waals surface area (Å²) < 4.78 is 0. The van der Waals surface area contributed by atoms with Gasteiger partial charge in [0.05, 0.1) is 10.8 Å². The van der Waals surface area contributed by atoms with Gasteiger partial charge in [0.2, 0.25) is 11.8 Å². The Bertz CT molecular complexity index is 425. The predicted molar refractivity (Wildman–Crippen MR) is 69.1 cm³/mol. The largest absolute Gasteiger partial charge is 0.354 e. The standard InChI is InChI=1S/C12H15N3O2S/c16-10(8-18-11-5-1-2-6-13-11)15-9-4-3-7-14-12(9)17/h1-2,5-6,9H,3-4,7-8H2,(H,14,17)(H,15,16)/t9-/m1/s1. The fourth-order valence-corrected chi connectivity index (χ4v) is 2.39. The summed E-state index contributed by atoms with van der Waals surface area (Å²) >= 11 is 1.36. The maximum Gasteiger partial charge on any atom is 0.242 e. The second-order valence-corrected chi connectivity index (χ2v) is 5.01. The molecule has 1 saturated heterocycles. The van der Waals surface area contributed by atoms with Gasteiger partial charge in [-0.3, -0.25) is 9.59 Å². The highest BCUT2D eigenvalue weighted by molar-refractivity contribution is 7.99. The molecule has 0 aliphatic carbocycles. The van der Waals surface area contributed by atoms with Gasteiger partial charge < -0.3 is 10.6 Å². The Kier molecular flexibility index (Phi) is 4.58. The molecule has 0 bridgehead atoms. The van der Waals surface area contributed by atoms with Gasteiger partial charge in [0.1, 0.15) is 6.04 Å². The molecule has 1 fully saturated rings. The molecule has 2 amide bonds. The van der Waals surface area contributed by atoms with E-state index in [0.717, 1.165) is 11.4 Å². The maximum atomic E-state index is 11.7. The highest BCUT2D eigenvalue weighted by Gasteiger charge is 2.23. The van der Waals surface area contributed by atoms with Crippen LogP contribution >= 0.6 is 11.8 Å². The summed E-state index contributed by atoms with van der Waals surface area (Å²) in [7, 11) is 0. The lowest BCUT2D eigenvalue weighted by molar-refractivity contribution is -0.129. The molecular formula is C12H15N3O2S. The van der Waals surface area contributed by atoms with Crippen molar-refractivity contribution in [2.75, 3.05) is 12.3 Å². The van der Waals surface area contributed by atoms with Gasteiger partial charge in [-0.2, -0.15) is 0 Å². The fourth-order valence-electron chi connectivity index (χ4n) is 1.72. The topological polar surface area (TPSA) is 71.1 Å². The van der Waals surface area contributed by atoms with Crippen LogP contribution in [0.5, 0.6) is 0 Å². The number of hydrogen-bond donors (Lipinski definition) is 2. The number of carbonyl (C=O) groups is 2. The van der Waals surface area contributed by atoms with Crippen LogP contribution in [-0.2, 0) is 9.59 Å². The number of rotatable bonds is 4. The summed E-state index contributed by atoms with van der Waals surface area (Å²) in [6, 6.07) is 5.18. The molecule has 1 aromatic heterocycles. The molecule has 1 aromatic rings. The van der Waals surface area contributed by atoms with Crippen LogP contribution in [0.3, 0.4) is 0 Å². The molecule has 2 N–H and O–H groups in total. The first-order chi connectivity index (χ1) is 8.75. The normalized spacial score (nSPS) is 19.1. The van der Waals surface area contributed by atoms with E-state index in [0.29, 0.717) is 13.0 Å². The third-order valence-electron chi connectivity index (χ3n) is 2.61. The van der Waals surface area contributed by atoms with Crippen molar-refractivity contribution in [3.05, 3.63) is 24.4 Å². The van der Waals surface area contributed by atoms with E-state index in [2.05, 4.69) is 15.6 Å². The molecule has 1 aliphatic heterocycles. The fraction of sp³-hybridized carbons (Fsp3) is 0.417. The Morgan fingerprint density at radius 3 is 3.17 bits per heavy atom. The molecule has 96 valence electrons. The van der Waals surface area contributed by atoms with Gasteiger partial charge in [0, 0.05) is 12.7 Å². The highest BCUT2D eigenvalue weighted by atomic mass is 32.2. The van der Waals surface area contributed by atoms with E-state index in [1.165, 1.54) is 11.8 Å². The van der Waals surface area contributed by atoms with Crippen LogP contribution in [0.25, 0.3) is 0 Å². The minimum atomic E-state index is -0.379. The summed E-state index contributed by atoms with van der Waals surface area (Å²) in [4.78, 5) is 27.3. The third kappa shape index (κ3) is 3.73. The van der Waals surface area contributed by atoms with Gasteiger partial charge in [-0.15, -0.1) is 0 Å². The first-order valence-corrected chi connectivity index (χ1v) is 6.85. The Labute approximate surface area is 110 Å². The quantitative estimate of drug-likeness (QED) is 0.781. The summed E-state index contributed by atoms with van der Waals surface area (Å²) in [5.74, 6) is 0.0611. The van der Waals surface area contributed by atoms with Crippen molar-refractivity contribution < 1.29 is 9.59 Å². The van der Waals surface area contributed by atoms with Crippen molar-refractivity contribution in [2.24, 2.45) is 0 Å². The van der Waals surface area contributed by atoms with Gasteiger partial charge in [-0.25, -0.2) is 4.98 Å². The number of hydrogen-bond acceptors (Lipinski definition) is 4. The average Bonchev–Trinajstić information content (AvgIpc) is 2.40. The van der Waals surface area contributed by atoms with E-state index >= 15 is 0 Å². The molecule has 2 heterocycles. The van der Waals surface area contributed by atoms with E-state index in [-0.39, 0.29) is 23.6 Å². The monoisotopic (exact) mass is 265 g/mol. The number of pyridine rings is 1. The lowest BCUT2D eigenvalue weighted by Gasteiger charge is -2.22. The van der Waals surface area contributed by atoms with Crippen LogP contribution < -0.4 is 10.6 Å². The van der Waals surface area contributed by atoms with Crippen molar-refractivity contribution in [3.63, 3.8) is 0 Å². The molecule has 2 rings (SSSR count). The predicted octanol–water partition coefficient (Wildman–Crippen LogP) is 0.568. The van der Waals surface area contributed by atoms with Crippen LogP contribution in [0.2, 0.25) is 0 Å². The van der Waals surface area contributed by atoms with Crippen LogP contribution in [0, 0.1) is 0 Å². The third-order valence-corrected chi connectivity index (χ3v) is 3.55. The smallest absolute Gasteiger partial charge is 0.242 e. The van der Waals surface area contributed by atoms with E-state index in [9.17, 15) is 9.59 Å².